The summed E-state index contributed by atoms with van der Waals surface area (Å²) >= 11 is 0. The minimum absolute atomic E-state index is 0.0270. The molecule has 0 aromatic rings. The smallest absolute Gasteiger partial charge is 0.137 e. The van der Waals surface area contributed by atoms with Crippen LogP contribution in [0.4, 0.5) is 0 Å². The minimum Gasteiger partial charge on any atom is -0.377 e. The van der Waals surface area contributed by atoms with Crippen LogP contribution < -0.4 is 0 Å². The van der Waals surface area contributed by atoms with Crippen LogP contribution in [0.25, 0.3) is 0 Å². The second-order valence-corrected chi connectivity index (χ2v) is 7.85. The molecule has 0 aromatic carbocycles. The van der Waals surface area contributed by atoms with Crippen molar-refractivity contribution in [1.82, 2.24) is 0 Å². The van der Waals surface area contributed by atoms with Gasteiger partial charge >= 0.3 is 0 Å². The molecule has 0 rings (SSSR count). The van der Waals surface area contributed by atoms with Crippen molar-refractivity contribution in [3.8, 4) is 0 Å². The molecule has 1 unspecified atom stereocenters. The largest absolute Gasteiger partial charge is 0.377 e. The Morgan fingerprint density at radius 3 is 1.94 bits per heavy atom. The van der Waals surface area contributed by atoms with Gasteiger partial charge in [-0.05, 0) is 24.2 Å². The molecule has 0 fully saturated rings. The summed E-state index contributed by atoms with van der Waals surface area (Å²) in [6.45, 7) is 17.8. The summed E-state index contributed by atoms with van der Waals surface area (Å²) in [5.74, 6) is 0.398. The Kier molecular flexibility index (Phi) is 6.56. The fourth-order valence-corrected chi connectivity index (χ4v) is 2.43. The number of carbonyl (C=O) groups is 1. The Hall–Kier alpha value is -0.370. The molecule has 0 aliphatic heterocycles. The molecule has 0 aliphatic carbocycles. The highest BCUT2D eigenvalue weighted by Gasteiger charge is 2.26. The van der Waals surface area contributed by atoms with Gasteiger partial charge in [0.15, 0.2) is 0 Å². The monoisotopic (exact) mass is 256 g/mol. The van der Waals surface area contributed by atoms with Crippen LogP contribution in [-0.4, -0.2) is 18.5 Å². The van der Waals surface area contributed by atoms with Gasteiger partial charge in [-0.1, -0.05) is 48.5 Å². The summed E-state index contributed by atoms with van der Waals surface area (Å²) in [6, 6.07) is 0. The van der Waals surface area contributed by atoms with Crippen molar-refractivity contribution in [1.29, 1.82) is 0 Å². The van der Waals surface area contributed by atoms with Crippen LogP contribution in [0.5, 0.6) is 0 Å². The Bertz CT molecular complexity index is 259. The van der Waals surface area contributed by atoms with Gasteiger partial charge in [0.1, 0.15) is 5.78 Å². The van der Waals surface area contributed by atoms with Crippen LogP contribution in [0.2, 0.25) is 0 Å². The molecule has 2 nitrogen and oxygen atoms in total. The summed E-state index contributed by atoms with van der Waals surface area (Å²) in [7, 11) is 0. The van der Waals surface area contributed by atoms with E-state index in [1.165, 1.54) is 0 Å². The van der Waals surface area contributed by atoms with Gasteiger partial charge in [0, 0.05) is 12.3 Å². The second-order valence-electron chi connectivity index (χ2n) is 7.85. The molecule has 0 amide bonds. The first-order valence-corrected chi connectivity index (χ1v) is 7.07. The van der Waals surface area contributed by atoms with Crippen molar-refractivity contribution < 1.29 is 9.53 Å². The van der Waals surface area contributed by atoms with Crippen molar-refractivity contribution >= 4 is 5.78 Å². The number of Topliss-reactive ketones (excluding diaryl/α,β-unsaturated/α-hetero) is 1. The highest BCUT2D eigenvalue weighted by Crippen LogP contribution is 2.33. The van der Waals surface area contributed by atoms with E-state index in [2.05, 4.69) is 34.6 Å². The van der Waals surface area contributed by atoms with Gasteiger partial charge in [-0.25, -0.2) is 0 Å². The summed E-state index contributed by atoms with van der Waals surface area (Å²) in [6.07, 6.45) is 1.67. The SMILES string of the molecule is CC(CC(=O)C(C)C)OCC(C)(C)CC(C)(C)C. The molecule has 0 N–H and O–H groups in total. The highest BCUT2D eigenvalue weighted by molar-refractivity contribution is 5.80. The van der Waals surface area contributed by atoms with Crippen molar-refractivity contribution in [2.75, 3.05) is 6.61 Å². The molecule has 0 aliphatic rings. The lowest BCUT2D eigenvalue weighted by Crippen LogP contribution is -2.29. The molecule has 18 heavy (non-hydrogen) atoms. The van der Waals surface area contributed by atoms with Crippen LogP contribution in [0.1, 0.15) is 68.2 Å². The lowest BCUT2D eigenvalue weighted by Gasteiger charge is -2.33. The first-order chi connectivity index (χ1) is 7.93. The van der Waals surface area contributed by atoms with E-state index in [0.29, 0.717) is 11.8 Å². The van der Waals surface area contributed by atoms with E-state index in [9.17, 15) is 4.79 Å². The molecule has 0 spiro atoms. The van der Waals surface area contributed by atoms with E-state index in [0.717, 1.165) is 13.0 Å². The summed E-state index contributed by atoms with van der Waals surface area (Å²) in [4.78, 5) is 11.6. The molecule has 0 saturated carbocycles. The quantitative estimate of drug-likeness (QED) is 0.672. The van der Waals surface area contributed by atoms with Crippen LogP contribution in [-0.2, 0) is 9.53 Å². The minimum atomic E-state index is 0.0270. The molecule has 0 bridgehead atoms. The van der Waals surface area contributed by atoms with E-state index < -0.39 is 0 Å². The molecule has 2 heteroatoms. The van der Waals surface area contributed by atoms with Crippen molar-refractivity contribution in [3.05, 3.63) is 0 Å². The molecule has 108 valence electrons. The number of hydrogen-bond donors (Lipinski definition) is 0. The first-order valence-electron chi connectivity index (χ1n) is 7.07. The third-order valence-corrected chi connectivity index (χ3v) is 2.90. The summed E-state index contributed by atoms with van der Waals surface area (Å²) in [5, 5.41) is 0. The molecule has 1 atom stereocenters. The average Bonchev–Trinajstić information content (AvgIpc) is 2.11. The van der Waals surface area contributed by atoms with Gasteiger partial charge < -0.3 is 4.74 Å². The Labute approximate surface area is 113 Å². The number of ether oxygens (including phenoxy) is 1. The number of rotatable bonds is 7. The summed E-state index contributed by atoms with van der Waals surface area (Å²) in [5.41, 5.74) is 0.469. The lowest BCUT2D eigenvalue weighted by atomic mass is 9.77. The fourth-order valence-electron chi connectivity index (χ4n) is 2.43. The van der Waals surface area contributed by atoms with Gasteiger partial charge in [-0.15, -0.1) is 0 Å². The van der Waals surface area contributed by atoms with Gasteiger partial charge in [-0.2, -0.15) is 0 Å². The molecule has 0 radical (unpaired) electrons. The predicted molar refractivity (Wildman–Crippen MR) is 77.7 cm³/mol. The molecular weight excluding hydrogens is 224 g/mol. The number of hydrogen-bond acceptors (Lipinski definition) is 2. The van der Waals surface area contributed by atoms with E-state index in [1.807, 2.05) is 20.8 Å². The fraction of sp³-hybridized carbons (Fsp3) is 0.938. The molecule has 0 heterocycles. The standard InChI is InChI=1S/C16H32O2/c1-12(2)14(17)9-13(3)18-11-16(7,8)10-15(4,5)6/h12-13H,9-11H2,1-8H3. The second kappa shape index (κ2) is 6.70. The third kappa shape index (κ3) is 8.68. The van der Waals surface area contributed by atoms with Crippen LogP contribution >= 0.6 is 0 Å². The maximum atomic E-state index is 11.6. The van der Waals surface area contributed by atoms with E-state index in [1.54, 1.807) is 0 Å². The normalized spacial score (nSPS) is 14.9. The number of carbonyl (C=O) groups excluding carboxylic acids is 1. The van der Waals surface area contributed by atoms with Gasteiger partial charge in [0.05, 0.1) is 12.7 Å². The van der Waals surface area contributed by atoms with Crippen LogP contribution in [0, 0.1) is 16.7 Å². The highest BCUT2D eigenvalue weighted by atomic mass is 16.5. The van der Waals surface area contributed by atoms with Gasteiger partial charge in [-0.3, -0.25) is 4.79 Å². The van der Waals surface area contributed by atoms with Gasteiger partial charge in [0.2, 0.25) is 0 Å². The predicted octanol–water partition coefficient (Wildman–Crippen LogP) is 4.47. The zero-order valence-corrected chi connectivity index (χ0v) is 13.6. The Morgan fingerprint density at radius 1 is 1.06 bits per heavy atom. The topological polar surface area (TPSA) is 26.3 Å². The average molecular weight is 256 g/mol. The van der Waals surface area contributed by atoms with Crippen molar-refractivity contribution in [2.45, 2.75) is 74.3 Å². The molecule has 0 aromatic heterocycles. The number of ketones is 1. The van der Waals surface area contributed by atoms with E-state index >= 15 is 0 Å². The zero-order valence-electron chi connectivity index (χ0n) is 13.6. The maximum absolute atomic E-state index is 11.6. The molecular formula is C16H32O2. The lowest BCUT2D eigenvalue weighted by molar-refractivity contribution is -0.125. The van der Waals surface area contributed by atoms with E-state index in [4.69, 9.17) is 4.74 Å². The Morgan fingerprint density at radius 2 is 1.56 bits per heavy atom. The third-order valence-electron chi connectivity index (χ3n) is 2.90. The van der Waals surface area contributed by atoms with Gasteiger partial charge in [0.25, 0.3) is 0 Å². The Balaban J connectivity index is 4.12. The molecule has 0 saturated heterocycles. The van der Waals surface area contributed by atoms with E-state index in [-0.39, 0.29) is 23.2 Å². The van der Waals surface area contributed by atoms with Crippen LogP contribution in [0.15, 0.2) is 0 Å². The van der Waals surface area contributed by atoms with Crippen LogP contribution in [0.3, 0.4) is 0 Å². The first kappa shape index (κ1) is 17.6. The van der Waals surface area contributed by atoms with Crippen molar-refractivity contribution in [3.63, 3.8) is 0 Å². The maximum Gasteiger partial charge on any atom is 0.137 e. The zero-order chi connectivity index (χ0) is 14.6. The van der Waals surface area contributed by atoms with Crippen molar-refractivity contribution in [2.24, 2.45) is 16.7 Å². The summed E-state index contributed by atoms with van der Waals surface area (Å²) < 4.78 is 5.85.